The van der Waals surface area contributed by atoms with Crippen LogP contribution in [0.1, 0.15) is 5.56 Å². The molecular weight excluding hydrogens is 220 g/mol. The number of amides is 1. The van der Waals surface area contributed by atoms with Gasteiger partial charge in [-0.3, -0.25) is 4.79 Å². The summed E-state index contributed by atoms with van der Waals surface area (Å²) in [5, 5.41) is 2.75. The minimum absolute atomic E-state index is 0.195. The summed E-state index contributed by atoms with van der Waals surface area (Å²) >= 11 is 0. The molecule has 0 saturated heterocycles. The Hall–Kier alpha value is -1.59. The van der Waals surface area contributed by atoms with Crippen LogP contribution in [0.15, 0.2) is 18.2 Å². The summed E-state index contributed by atoms with van der Waals surface area (Å²) in [7, 11) is 3.10. The number of hydrogen-bond donors (Lipinski definition) is 2. The zero-order valence-corrected chi connectivity index (χ0v) is 10.3. The van der Waals surface area contributed by atoms with Gasteiger partial charge in [0.05, 0.1) is 13.7 Å². The Labute approximate surface area is 101 Å². The van der Waals surface area contributed by atoms with Crippen molar-refractivity contribution >= 4 is 11.6 Å². The molecule has 0 radical (unpaired) electrons. The Morgan fingerprint density at radius 3 is 2.71 bits per heavy atom. The SMILES string of the molecule is COCC(N)C(=O)Nc1ccc(OC)cc1C. The molecule has 5 heteroatoms. The lowest BCUT2D eigenvalue weighted by atomic mass is 10.2. The molecule has 0 aromatic heterocycles. The molecule has 94 valence electrons. The molecule has 1 amide bonds. The Morgan fingerprint density at radius 2 is 2.18 bits per heavy atom. The van der Waals surface area contributed by atoms with Crippen LogP contribution in [-0.2, 0) is 9.53 Å². The number of ether oxygens (including phenoxy) is 2. The maximum absolute atomic E-state index is 11.7. The van der Waals surface area contributed by atoms with Crippen LogP contribution >= 0.6 is 0 Å². The molecule has 17 heavy (non-hydrogen) atoms. The lowest BCUT2D eigenvalue weighted by Gasteiger charge is -2.13. The number of benzene rings is 1. The van der Waals surface area contributed by atoms with Gasteiger partial charge in [0, 0.05) is 12.8 Å². The molecule has 1 aromatic rings. The van der Waals surface area contributed by atoms with Crippen LogP contribution in [0.25, 0.3) is 0 Å². The monoisotopic (exact) mass is 238 g/mol. The first-order valence-corrected chi connectivity index (χ1v) is 5.28. The first-order chi connectivity index (χ1) is 8.08. The number of carbonyl (C=O) groups is 1. The number of nitrogens with two attached hydrogens (primary N) is 1. The molecular formula is C12H18N2O3. The fraction of sp³-hybridized carbons (Fsp3) is 0.417. The quantitative estimate of drug-likeness (QED) is 0.800. The second kappa shape index (κ2) is 6.22. The van der Waals surface area contributed by atoms with Crippen LogP contribution in [0.3, 0.4) is 0 Å². The molecule has 1 rings (SSSR count). The number of aryl methyl sites for hydroxylation is 1. The zero-order chi connectivity index (χ0) is 12.8. The van der Waals surface area contributed by atoms with E-state index < -0.39 is 6.04 Å². The smallest absolute Gasteiger partial charge is 0.243 e. The van der Waals surface area contributed by atoms with Gasteiger partial charge in [0.15, 0.2) is 0 Å². The number of anilines is 1. The maximum atomic E-state index is 11.7. The Balaban J connectivity index is 2.71. The zero-order valence-electron chi connectivity index (χ0n) is 10.3. The summed E-state index contributed by atoms with van der Waals surface area (Å²) in [6.07, 6.45) is 0. The second-order valence-electron chi connectivity index (χ2n) is 3.73. The van der Waals surface area contributed by atoms with E-state index in [1.165, 1.54) is 7.11 Å². The molecule has 0 aliphatic rings. The van der Waals surface area contributed by atoms with Crippen LogP contribution in [0, 0.1) is 6.92 Å². The molecule has 0 saturated carbocycles. The fourth-order valence-electron chi connectivity index (χ4n) is 1.38. The van der Waals surface area contributed by atoms with E-state index in [1.807, 2.05) is 13.0 Å². The summed E-state index contributed by atoms with van der Waals surface area (Å²) < 4.78 is 9.91. The van der Waals surface area contributed by atoms with Gasteiger partial charge in [0.1, 0.15) is 11.8 Å². The Morgan fingerprint density at radius 1 is 1.47 bits per heavy atom. The molecule has 0 aliphatic heterocycles. The minimum atomic E-state index is -0.665. The standard InChI is InChI=1S/C12H18N2O3/c1-8-6-9(17-3)4-5-11(8)14-12(15)10(13)7-16-2/h4-6,10H,7,13H2,1-3H3,(H,14,15). The van der Waals surface area contributed by atoms with E-state index in [0.717, 1.165) is 17.0 Å². The summed E-state index contributed by atoms with van der Waals surface area (Å²) in [6.45, 7) is 2.08. The van der Waals surface area contributed by atoms with E-state index in [-0.39, 0.29) is 12.5 Å². The van der Waals surface area contributed by atoms with Crippen molar-refractivity contribution in [1.29, 1.82) is 0 Å². The fourth-order valence-corrected chi connectivity index (χ4v) is 1.38. The molecule has 1 atom stereocenters. The van der Waals surface area contributed by atoms with Gasteiger partial charge < -0.3 is 20.5 Å². The van der Waals surface area contributed by atoms with Gasteiger partial charge in [-0.25, -0.2) is 0 Å². The molecule has 1 unspecified atom stereocenters. The lowest BCUT2D eigenvalue weighted by Crippen LogP contribution is -2.39. The van der Waals surface area contributed by atoms with E-state index in [9.17, 15) is 4.79 Å². The van der Waals surface area contributed by atoms with Gasteiger partial charge in [-0.1, -0.05) is 0 Å². The number of hydrogen-bond acceptors (Lipinski definition) is 4. The molecule has 5 nitrogen and oxygen atoms in total. The van der Waals surface area contributed by atoms with E-state index in [2.05, 4.69) is 5.32 Å². The Kier molecular flexibility index (Phi) is 4.93. The number of rotatable bonds is 5. The van der Waals surface area contributed by atoms with Crippen molar-refractivity contribution in [2.75, 3.05) is 26.1 Å². The third-order valence-electron chi connectivity index (χ3n) is 2.37. The molecule has 0 aliphatic carbocycles. The van der Waals surface area contributed by atoms with Crippen LogP contribution in [0.4, 0.5) is 5.69 Å². The van der Waals surface area contributed by atoms with Crippen molar-refractivity contribution in [3.8, 4) is 5.75 Å². The van der Waals surface area contributed by atoms with Gasteiger partial charge in [-0.05, 0) is 30.7 Å². The van der Waals surface area contributed by atoms with Crippen molar-refractivity contribution < 1.29 is 14.3 Å². The van der Waals surface area contributed by atoms with Crippen LogP contribution in [0.2, 0.25) is 0 Å². The van der Waals surface area contributed by atoms with Crippen LogP contribution in [-0.4, -0.2) is 32.8 Å². The van der Waals surface area contributed by atoms with Gasteiger partial charge in [-0.2, -0.15) is 0 Å². The highest BCUT2D eigenvalue weighted by Gasteiger charge is 2.14. The molecule has 3 N–H and O–H groups in total. The Bertz CT molecular complexity index is 393. The van der Waals surface area contributed by atoms with Gasteiger partial charge in [0.2, 0.25) is 5.91 Å². The number of nitrogens with one attached hydrogen (secondary N) is 1. The average molecular weight is 238 g/mol. The summed E-state index contributed by atoms with van der Waals surface area (Å²) in [6, 6.07) is 4.74. The maximum Gasteiger partial charge on any atom is 0.243 e. The van der Waals surface area contributed by atoms with Crippen molar-refractivity contribution in [2.24, 2.45) is 5.73 Å². The van der Waals surface area contributed by atoms with E-state index in [1.54, 1.807) is 19.2 Å². The largest absolute Gasteiger partial charge is 0.497 e. The van der Waals surface area contributed by atoms with Crippen molar-refractivity contribution in [2.45, 2.75) is 13.0 Å². The van der Waals surface area contributed by atoms with E-state index >= 15 is 0 Å². The third-order valence-corrected chi connectivity index (χ3v) is 2.37. The molecule has 0 heterocycles. The average Bonchev–Trinajstić information content (AvgIpc) is 2.31. The predicted octanol–water partition coefficient (Wildman–Crippen LogP) is 0.916. The third kappa shape index (κ3) is 3.72. The van der Waals surface area contributed by atoms with Crippen molar-refractivity contribution in [3.05, 3.63) is 23.8 Å². The van der Waals surface area contributed by atoms with E-state index in [4.69, 9.17) is 15.2 Å². The van der Waals surface area contributed by atoms with Crippen molar-refractivity contribution in [3.63, 3.8) is 0 Å². The topological polar surface area (TPSA) is 73.6 Å². The summed E-state index contributed by atoms with van der Waals surface area (Å²) in [4.78, 5) is 11.7. The van der Waals surface area contributed by atoms with Gasteiger partial charge in [-0.15, -0.1) is 0 Å². The predicted molar refractivity (Wildman–Crippen MR) is 66.2 cm³/mol. The van der Waals surface area contributed by atoms with Gasteiger partial charge in [0.25, 0.3) is 0 Å². The summed E-state index contributed by atoms with van der Waals surface area (Å²) in [5.74, 6) is 0.488. The van der Waals surface area contributed by atoms with Crippen molar-refractivity contribution in [1.82, 2.24) is 0 Å². The minimum Gasteiger partial charge on any atom is -0.497 e. The number of carbonyl (C=O) groups excluding carboxylic acids is 1. The normalized spacial score (nSPS) is 12.0. The number of methoxy groups -OCH3 is 2. The molecule has 0 fully saturated rings. The van der Waals surface area contributed by atoms with E-state index in [0.29, 0.717) is 0 Å². The molecule has 1 aromatic carbocycles. The lowest BCUT2D eigenvalue weighted by molar-refractivity contribution is -0.118. The highest BCUT2D eigenvalue weighted by atomic mass is 16.5. The van der Waals surface area contributed by atoms with Crippen LogP contribution in [0.5, 0.6) is 5.75 Å². The molecule has 0 spiro atoms. The summed E-state index contributed by atoms with van der Waals surface area (Å²) in [5.41, 5.74) is 7.26. The highest BCUT2D eigenvalue weighted by Crippen LogP contribution is 2.20. The first kappa shape index (κ1) is 13.5. The molecule has 0 bridgehead atoms. The second-order valence-corrected chi connectivity index (χ2v) is 3.73. The van der Waals surface area contributed by atoms with Crippen LogP contribution < -0.4 is 15.8 Å². The first-order valence-electron chi connectivity index (χ1n) is 5.28. The highest BCUT2D eigenvalue weighted by molar-refractivity contribution is 5.95. The van der Waals surface area contributed by atoms with Gasteiger partial charge >= 0.3 is 0 Å².